The normalized spacial score (nSPS) is 17.3. The van der Waals surface area contributed by atoms with Crippen LogP contribution in [-0.2, 0) is 41.5 Å². The largest absolute Gasteiger partial charge is 0.491 e. The Morgan fingerprint density at radius 3 is 2.43 bits per heavy atom. The van der Waals surface area contributed by atoms with E-state index in [2.05, 4.69) is 21.1 Å². The zero-order valence-corrected chi connectivity index (χ0v) is 39.5. The van der Waals surface area contributed by atoms with Gasteiger partial charge in [0.2, 0.25) is 17.7 Å². The number of ether oxygens (including phenoxy) is 3. The van der Waals surface area contributed by atoms with E-state index in [0.717, 1.165) is 33.2 Å². The highest BCUT2D eigenvalue weighted by Gasteiger charge is 2.51. The summed E-state index contributed by atoms with van der Waals surface area (Å²) in [5, 5.41) is 25.1. The molecule has 4 N–H and O–H groups in total. The second kappa shape index (κ2) is 22.3. The molecule has 17 nitrogen and oxygen atoms in total. The number of nitriles is 1. The molecular formula is C46H51F3N8O9S2. The number of carbonyl (C=O) groups is 4. The van der Waals surface area contributed by atoms with Crippen LogP contribution in [0.2, 0.25) is 0 Å². The molecule has 0 saturated carbocycles. The predicted octanol–water partition coefficient (Wildman–Crippen LogP) is 5.37. The lowest BCUT2D eigenvalue weighted by atomic mass is 10.0. The van der Waals surface area contributed by atoms with E-state index < -0.39 is 58.8 Å². The van der Waals surface area contributed by atoms with Crippen LogP contribution in [0.1, 0.15) is 62.9 Å². The number of likely N-dealkylation sites (tertiary alicyclic amines) is 1. The lowest BCUT2D eigenvalue weighted by Crippen LogP contribution is -2.53. The maximum absolute atomic E-state index is 13.7. The van der Waals surface area contributed by atoms with Gasteiger partial charge >= 0.3 is 6.18 Å². The zero-order chi connectivity index (χ0) is 49.3. The third kappa shape index (κ3) is 11.9. The number of hydrogen-bond donors (Lipinski definition) is 4. The molecule has 0 spiro atoms. The number of β-amino-alcohol motifs (C(OH)–C–C–N with tert-alkyl or cyclic N) is 1. The quantitative estimate of drug-likeness (QED) is 0.0380. The summed E-state index contributed by atoms with van der Waals surface area (Å²) in [6.45, 7) is 8.85. The van der Waals surface area contributed by atoms with Crippen molar-refractivity contribution in [3.63, 3.8) is 0 Å². The Labute approximate surface area is 400 Å². The number of aliphatic hydroxyl groups is 1. The number of anilines is 2. The molecule has 68 heavy (non-hydrogen) atoms. The highest BCUT2D eigenvalue weighted by atomic mass is 32.1. The first-order valence-corrected chi connectivity index (χ1v) is 22.8. The van der Waals surface area contributed by atoms with Gasteiger partial charge in [0.25, 0.3) is 5.91 Å². The second-order valence-corrected chi connectivity index (χ2v) is 17.5. The van der Waals surface area contributed by atoms with Crippen LogP contribution in [-0.4, -0.2) is 107 Å². The average Bonchev–Trinajstić information content (AvgIpc) is 3.97. The highest BCUT2D eigenvalue weighted by molar-refractivity contribution is 7.81. The number of benzene rings is 3. The molecule has 0 bridgehead atoms. The number of carbonyl (C=O) groups excluding carboxylic acids is 4. The topological polar surface area (TPSA) is 208 Å². The lowest BCUT2D eigenvalue weighted by Gasteiger charge is -2.29. The van der Waals surface area contributed by atoms with Gasteiger partial charge < -0.3 is 39.8 Å². The molecule has 4 aromatic rings. The molecule has 22 heteroatoms. The zero-order valence-electron chi connectivity index (χ0n) is 37.8. The maximum atomic E-state index is 13.7. The van der Waals surface area contributed by atoms with Gasteiger partial charge in [-0.15, -0.1) is 11.3 Å². The second-order valence-electron chi connectivity index (χ2n) is 16.3. The van der Waals surface area contributed by atoms with Crippen molar-refractivity contribution in [1.82, 2.24) is 26.0 Å². The molecule has 1 aromatic heterocycles. The van der Waals surface area contributed by atoms with Gasteiger partial charge in [-0.1, -0.05) is 19.1 Å². The van der Waals surface area contributed by atoms with Crippen LogP contribution in [0.3, 0.4) is 0 Å². The van der Waals surface area contributed by atoms with Crippen LogP contribution >= 0.6 is 23.6 Å². The number of aromatic nitrogens is 1. The van der Waals surface area contributed by atoms with Crippen LogP contribution in [0.15, 0.2) is 66.2 Å². The number of rotatable bonds is 20. The number of nitrogens with one attached hydrogen (secondary N) is 3. The summed E-state index contributed by atoms with van der Waals surface area (Å²) < 4.78 is 58.7. The van der Waals surface area contributed by atoms with Crippen molar-refractivity contribution in [2.75, 3.05) is 49.5 Å². The molecule has 3 atom stereocenters. The molecule has 3 aromatic carbocycles. The monoisotopic (exact) mass is 980 g/mol. The van der Waals surface area contributed by atoms with Crippen LogP contribution in [0.4, 0.5) is 24.5 Å². The van der Waals surface area contributed by atoms with Crippen molar-refractivity contribution in [3.05, 3.63) is 88.6 Å². The molecule has 2 aliphatic heterocycles. The molecule has 0 aliphatic carbocycles. The van der Waals surface area contributed by atoms with Crippen LogP contribution < -0.4 is 35.4 Å². The Kier molecular flexibility index (Phi) is 16.8. The number of aryl methyl sites for hydroxylation is 1. The summed E-state index contributed by atoms with van der Waals surface area (Å²) in [6.07, 6.45) is -5.32. The fourth-order valence-corrected chi connectivity index (χ4v) is 9.06. The lowest BCUT2D eigenvalue weighted by molar-refractivity contribution is -0.141. The molecular weight excluding hydrogens is 930 g/mol. The van der Waals surface area contributed by atoms with E-state index in [0.29, 0.717) is 29.2 Å². The van der Waals surface area contributed by atoms with Gasteiger partial charge in [0.15, 0.2) is 5.11 Å². The Morgan fingerprint density at radius 2 is 1.76 bits per heavy atom. The number of alkyl halides is 3. The van der Waals surface area contributed by atoms with E-state index in [1.165, 1.54) is 35.3 Å². The molecule has 0 unspecified atom stereocenters. The Balaban J connectivity index is 0.952. The first kappa shape index (κ1) is 51.2. The number of amides is 4. The van der Waals surface area contributed by atoms with Gasteiger partial charge in [-0.05, 0) is 93.5 Å². The number of hydroxylamine groups is 1. The predicted molar refractivity (Wildman–Crippen MR) is 248 cm³/mol. The van der Waals surface area contributed by atoms with Gasteiger partial charge in [0.1, 0.15) is 55.7 Å². The number of nitrogens with zero attached hydrogens (tertiary/aromatic N) is 5. The van der Waals surface area contributed by atoms with Crippen molar-refractivity contribution < 1.29 is 56.5 Å². The molecule has 3 heterocycles. The summed E-state index contributed by atoms with van der Waals surface area (Å²) in [5.74, 6) is -0.818. The van der Waals surface area contributed by atoms with Crippen molar-refractivity contribution in [3.8, 4) is 28.0 Å². The smallest absolute Gasteiger partial charge is 0.417 e. The fraction of sp³-hybridized carbons (Fsp3) is 0.413. The Hall–Kier alpha value is -6.22. The van der Waals surface area contributed by atoms with Crippen molar-refractivity contribution in [2.24, 2.45) is 0 Å². The highest BCUT2D eigenvalue weighted by Crippen LogP contribution is 2.40. The van der Waals surface area contributed by atoms with Crippen LogP contribution in [0, 0.1) is 18.3 Å². The van der Waals surface area contributed by atoms with E-state index in [4.69, 9.17) is 31.3 Å². The summed E-state index contributed by atoms with van der Waals surface area (Å²) in [4.78, 5) is 66.6. The van der Waals surface area contributed by atoms with Crippen molar-refractivity contribution in [2.45, 2.75) is 83.9 Å². The number of hydrogen-bond acceptors (Lipinski definition) is 14. The minimum Gasteiger partial charge on any atom is -0.491 e. The summed E-state index contributed by atoms with van der Waals surface area (Å²) in [7, 11) is 0. The minimum absolute atomic E-state index is 0.0195. The molecule has 6 rings (SSSR count). The Morgan fingerprint density at radius 1 is 1.04 bits per heavy atom. The molecule has 2 fully saturated rings. The third-order valence-corrected chi connectivity index (χ3v) is 12.5. The first-order valence-electron chi connectivity index (χ1n) is 21.5. The van der Waals surface area contributed by atoms with E-state index >= 15 is 0 Å². The fourth-order valence-electron chi connectivity index (χ4n) is 7.74. The number of thiazole rings is 1. The number of aliphatic hydroxyl groups excluding tert-OH is 1. The van der Waals surface area contributed by atoms with E-state index in [-0.39, 0.29) is 69.4 Å². The number of thiocarbonyl (C=S) groups is 1. The minimum atomic E-state index is -4.81. The van der Waals surface area contributed by atoms with Gasteiger partial charge in [-0.3, -0.25) is 28.9 Å². The van der Waals surface area contributed by atoms with Gasteiger partial charge in [-0.25, -0.2) is 4.98 Å². The molecule has 2 saturated heterocycles. The molecule has 4 amide bonds. The third-order valence-electron chi connectivity index (χ3n) is 11.1. The van der Waals surface area contributed by atoms with Crippen molar-refractivity contribution >= 4 is 63.7 Å². The molecule has 362 valence electrons. The first-order chi connectivity index (χ1) is 32.3. The van der Waals surface area contributed by atoms with E-state index in [9.17, 15) is 42.7 Å². The number of halogens is 3. The van der Waals surface area contributed by atoms with Crippen molar-refractivity contribution in [1.29, 1.82) is 5.26 Å². The van der Waals surface area contributed by atoms with E-state index in [1.807, 2.05) is 25.1 Å². The Bertz CT molecular complexity index is 2540. The maximum Gasteiger partial charge on any atom is 0.417 e. The summed E-state index contributed by atoms with van der Waals surface area (Å²) in [5.41, 5.74) is 4.26. The summed E-state index contributed by atoms with van der Waals surface area (Å²) in [6, 6.07) is 15.1. The van der Waals surface area contributed by atoms with Gasteiger partial charge in [0.05, 0.1) is 51.7 Å². The van der Waals surface area contributed by atoms with Gasteiger partial charge in [-0.2, -0.15) is 23.9 Å². The van der Waals surface area contributed by atoms with E-state index in [1.54, 1.807) is 55.4 Å². The van der Waals surface area contributed by atoms with Gasteiger partial charge in [0, 0.05) is 37.7 Å². The standard InChI is InChI=1S/C46H51F3N8O9S2/c1-6-37(54-28(3)58)42(61)55-24-34(59)21-38(55)41(60)51-23-31-8-7-29(40-27(2)52-26-68-40)19-39(31)65-16-15-63-25-53-66-18-17-64-35-13-11-32(12-14-35)57-44(67)56(43(62)45(57,4)5)33-10-9-30(22-50)36(20-33)46(47,48)49/h7-14,19-20,26,34,37-38,53,59H,6,15-18,21,23-25H2,1-5H3,(H,51,60)(H,54,58)/t34-,37+,38+/m1/s1. The van der Waals surface area contributed by atoms with Crippen LogP contribution in [0.25, 0.3) is 10.4 Å². The summed E-state index contributed by atoms with van der Waals surface area (Å²) >= 11 is 7.10. The van der Waals surface area contributed by atoms with Crippen LogP contribution in [0.5, 0.6) is 11.5 Å². The average molecular weight is 981 g/mol. The SMILES string of the molecule is CC[C@H](NC(C)=O)C(=O)N1C[C@H](O)C[C@H]1C(=O)NCc1ccc(-c2scnc2C)cc1OCCOCNOCCOc1ccc(N2C(=S)N(c3ccc(C#N)c(C(F)(F)F)c3)C(=O)C2(C)C)cc1. The molecule has 2 aliphatic rings. The molecule has 0 radical (unpaired) electrons.